The van der Waals surface area contributed by atoms with Crippen molar-refractivity contribution in [3.63, 3.8) is 0 Å². The zero-order valence-corrected chi connectivity index (χ0v) is 10.6. The predicted molar refractivity (Wildman–Crippen MR) is 67.6 cm³/mol. The van der Waals surface area contributed by atoms with Crippen LogP contribution in [0.25, 0.3) is 5.78 Å². The van der Waals surface area contributed by atoms with Gasteiger partial charge in [0.1, 0.15) is 12.1 Å². The SMILES string of the molecule is Cc1cc(N[C@@H](C)[C@@H]2CCCO2)n2ncnc2n1. The summed E-state index contributed by atoms with van der Waals surface area (Å²) in [6.07, 6.45) is 4.05. The number of aromatic nitrogens is 4. The van der Waals surface area contributed by atoms with E-state index in [4.69, 9.17) is 4.74 Å². The first-order chi connectivity index (χ1) is 8.74. The van der Waals surface area contributed by atoms with Crippen molar-refractivity contribution in [2.24, 2.45) is 0 Å². The number of anilines is 1. The van der Waals surface area contributed by atoms with Crippen molar-refractivity contribution < 1.29 is 4.74 Å². The highest BCUT2D eigenvalue weighted by Gasteiger charge is 2.23. The minimum absolute atomic E-state index is 0.252. The molecular weight excluding hydrogens is 230 g/mol. The first-order valence-corrected chi connectivity index (χ1v) is 6.29. The highest BCUT2D eigenvalue weighted by molar-refractivity contribution is 5.45. The molecule has 0 aromatic carbocycles. The summed E-state index contributed by atoms with van der Waals surface area (Å²) in [6, 6.07) is 2.23. The number of fused-ring (bicyclic) bond motifs is 1. The molecule has 2 atom stereocenters. The van der Waals surface area contributed by atoms with Gasteiger partial charge >= 0.3 is 0 Å². The lowest BCUT2D eigenvalue weighted by Crippen LogP contribution is -2.31. The first kappa shape index (κ1) is 11.4. The van der Waals surface area contributed by atoms with Gasteiger partial charge in [0.15, 0.2) is 0 Å². The van der Waals surface area contributed by atoms with Crippen molar-refractivity contribution in [2.75, 3.05) is 11.9 Å². The standard InChI is InChI=1S/C12H17N5O/c1-8-6-11(17-12(15-8)13-7-14-17)16-9(2)10-4-3-5-18-10/h6-7,9-10,16H,3-5H2,1-2H3/t9-,10-/m0/s1. The zero-order chi connectivity index (χ0) is 12.5. The normalized spacial score (nSPS) is 21.3. The predicted octanol–water partition coefficient (Wildman–Crippen LogP) is 1.41. The maximum absolute atomic E-state index is 5.69. The van der Waals surface area contributed by atoms with E-state index in [1.165, 1.54) is 6.33 Å². The van der Waals surface area contributed by atoms with E-state index >= 15 is 0 Å². The van der Waals surface area contributed by atoms with E-state index < -0.39 is 0 Å². The zero-order valence-electron chi connectivity index (χ0n) is 10.6. The highest BCUT2D eigenvalue weighted by atomic mass is 16.5. The molecule has 0 unspecified atom stereocenters. The number of nitrogens with one attached hydrogen (secondary N) is 1. The van der Waals surface area contributed by atoms with Crippen LogP contribution in [0.5, 0.6) is 0 Å². The van der Waals surface area contributed by atoms with Crippen molar-refractivity contribution in [1.82, 2.24) is 19.6 Å². The van der Waals surface area contributed by atoms with Crippen LogP contribution in [0, 0.1) is 6.92 Å². The van der Waals surface area contributed by atoms with E-state index in [1.54, 1.807) is 4.52 Å². The van der Waals surface area contributed by atoms with Crippen molar-refractivity contribution in [3.05, 3.63) is 18.1 Å². The lowest BCUT2D eigenvalue weighted by atomic mass is 10.1. The van der Waals surface area contributed by atoms with Crippen LogP contribution in [0.4, 0.5) is 5.82 Å². The molecule has 3 heterocycles. The molecule has 1 aliphatic rings. The second-order valence-corrected chi connectivity index (χ2v) is 4.74. The maximum atomic E-state index is 5.69. The summed E-state index contributed by atoms with van der Waals surface area (Å²) < 4.78 is 7.41. The first-order valence-electron chi connectivity index (χ1n) is 6.29. The number of hydrogen-bond acceptors (Lipinski definition) is 5. The number of nitrogens with zero attached hydrogens (tertiary/aromatic N) is 4. The molecular formula is C12H17N5O. The Bertz CT molecular complexity index is 546. The van der Waals surface area contributed by atoms with Gasteiger partial charge in [-0.15, -0.1) is 0 Å². The van der Waals surface area contributed by atoms with E-state index in [0.717, 1.165) is 31.0 Å². The summed E-state index contributed by atoms with van der Waals surface area (Å²) in [5.41, 5.74) is 0.928. The van der Waals surface area contributed by atoms with Crippen LogP contribution in [0.15, 0.2) is 12.4 Å². The molecule has 1 aliphatic heterocycles. The number of hydrogen-bond donors (Lipinski definition) is 1. The second kappa shape index (κ2) is 4.53. The summed E-state index contributed by atoms with van der Waals surface area (Å²) in [5.74, 6) is 1.54. The van der Waals surface area contributed by atoms with E-state index in [9.17, 15) is 0 Å². The Morgan fingerprint density at radius 3 is 3.22 bits per heavy atom. The molecule has 0 aliphatic carbocycles. The van der Waals surface area contributed by atoms with E-state index in [1.807, 2.05) is 13.0 Å². The highest BCUT2D eigenvalue weighted by Crippen LogP contribution is 2.19. The largest absolute Gasteiger partial charge is 0.376 e. The van der Waals surface area contributed by atoms with Gasteiger partial charge in [-0.1, -0.05) is 0 Å². The monoisotopic (exact) mass is 247 g/mol. The van der Waals surface area contributed by atoms with Gasteiger partial charge in [0.2, 0.25) is 0 Å². The third-order valence-corrected chi connectivity index (χ3v) is 3.28. The topological polar surface area (TPSA) is 64.3 Å². The number of rotatable bonds is 3. The molecule has 1 N–H and O–H groups in total. The van der Waals surface area contributed by atoms with Crippen LogP contribution in [0.1, 0.15) is 25.5 Å². The van der Waals surface area contributed by atoms with Crippen LogP contribution < -0.4 is 5.32 Å². The summed E-state index contributed by atoms with van der Waals surface area (Å²) in [4.78, 5) is 8.43. The average molecular weight is 247 g/mol. The number of ether oxygens (including phenoxy) is 1. The quantitative estimate of drug-likeness (QED) is 0.888. The fourth-order valence-corrected chi connectivity index (χ4v) is 2.36. The average Bonchev–Trinajstić information content (AvgIpc) is 2.98. The van der Waals surface area contributed by atoms with E-state index in [-0.39, 0.29) is 12.1 Å². The molecule has 6 nitrogen and oxygen atoms in total. The Morgan fingerprint density at radius 2 is 2.44 bits per heavy atom. The Balaban J connectivity index is 1.86. The van der Waals surface area contributed by atoms with Gasteiger partial charge in [0.25, 0.3) is 5.78 Å². The molecule has 0 spiro atoms. The van der Waals surface area contributed by atoms with Gasteiger partial charge in [-0.2, -0.15) is 14.6 Å². The third kappa shape index (κ3) is 2.03. The molecule has 18 heavy (non-hydrogen) atoms. The molecule has 0 radical (unpaired) electrons. The molecule has 2 aromatic heterocycles. The molecule has 2 aromatic rings. The van der Waals surface area contributed by atoms with Crippen LogP contribution in [0.2, 0.25) is 0 Å². The summed E-state index contributed by atoms with van der Waals surface area (Å²) in [7, 11) is 0. The van der Waals surface area contributed by atoms with E-state index in [0.29, 0.717) is 5.78 Å². The Morgan fingerprint density at radius 1 is 1.56 bits per heavy atom. The molecule has 6 heteroatoms. The van der Waals surface area contributed by atoms with Crippen molar-refractivity contribution in [2.45, 2.75) is 38.8 Å². The van der Waals surface area contributed by atoms with Crippen LogP contribution >= 0.6 is 0 Å². The number of aryl methyl sites for hydroxylation is 1. The minimum Gasteiger partial charge on any atom is -0.376 e. The van der Waals surface area contributed by atoms with Crippen LogP contribution in [-0.2, 0) is 4.74 Å². The Hall–Kier alpha value is -1.69. The van der Waals surface area contributed by atoms with Gasteiger partial charge in [-0.05, 0) is 26.7 Å². The fourth-order valence-electron chi connectivity index (χ4n) is 2.36. The second-order valence-electron chi connectivity index (χ2n) is 4.74. The van der Waals surface area contributed by atoms with Gasteiger partial charge < -0.3 is 10.1 Å². The summed E-state index contributed by atoms with van der Waals surface area (Å²) in [6.45, 7) is 4.95. The van der Waals surface area contributed by atoms with Gasteiger partial charge in [-0.3, -0.25) is 0 Å². The summed E-state index contributed by atoms with van der Waals surface area (Å²) in [5, 5.41) is 7.63. The van der Waals surface area contributed by atoms with Gasteiger partial charge in [0, 0.05) is 18.4 Å². The lowest BCUT2D eigenvalue weighted by Gasteiger charge is -2.21. The Labute approximate surface area is 105 Å². The van der Waals surface area contributed by atoms with Gasteiger partial charge in [-0.25, -0.2) is 4.98 Å². The van der Waals surface area contributed by atoms with Gasteiger partial charge in [0.05, 0.1) is 12.1 Å². The van der Waals surface area contributed by atoms with Crippen LogP contribution in [0.3, 0.4) is 0 Å². The molecule has 1 fully saturated rings. The van der Waals surface area contributed by atoms with Crippen molar-refractivity contribution >= 4 is 11.6 Å². The molecule has 0 bridgehead atoms. The van der Waals surface area contributed by atoms with Crippen molar-refractivity contribution in [1.29, 1.82) is 0 Å². The molecule has 0 saturated carbocycles. The smallest absolute Gasteiger partial charge is 0.254 e. The summed E-state index contributed by atoms with van der Waals surface area (Å²) >= 11 is 0. The third-order valence-electron chi connectivity index (χ3n) is 3.28. The molecule has 1 saturated heterocycles. The molecule has 96 valence electrons. The molecule has 0 amide bonds. The molecule has 3 rings (SSSR count). The van der Waals surface area contributed by atoms with E-state index in [2.05, 4.69) is 27.3 Å². The lowest BCUT2D eigenvalue weighted by molar-refractivity contribution is 0.0995. The maximum Gasteiger partial charge on any atom is 0.254 e. The Kier molecular flexibility index (Phi) is 2.87. The van der Waals surface area contributed by atoms with Crippen LogP contribution in [-0.4, -0.2) is 38.3 Å². The minimum atomic E-state index is 0.252. The van der Waals surface area contributed by atoms with Crippen molar-refractivity contribution in [3.8, 4) is 0 Å². The fraction of sp³-hybridized carbons (Fsp3) is 0.583.